The largest absolute Gasteiger partial charge is 0.497 e. The van der Waals surface area contributed by atoms with E-state index in [0.717, 1.165) is 11.3 Å². The average Bonchev–Trinajstić information content (AvgIpc) is 3.19. The zero-order chi connectivity index (χ0) is 18.4. The van der Waals surface area contributed by atoms with E-state index in [9.17, 15) is 9.18 Å². The molecular weight excluding hydrogens is 333 g/mol. The summed E-state index contributed by atoms with van der Waals surface area (Å²) in [5.41, 5.74) is 1.46. The van der Waals surface area contributed by atoms with E-state index in [2.05, 4.69) is 0 Å². The second-order valence-corrected chi connectivity index (χ2v) is 5.59. The second-order valence-electron chi connectivity index (χ2n) is 5.59. The van der Waals surface area contributed by atoms with E-state index in [1.807, 2.05) is 18.2 Å². The van der Waals surface area contributed by atoms with Crippen LogP contribution in [0.15, 0.2) is 77.4 Å². The van der Waals surface area contributed by atoms with Gasteiger partial charge in [-0.05, 0) is 60.2 Å². The molecule has 0 aliphatic heterocycles. The molecule has 0 unspecified atom stereocenters. The molecule has 1 aromatic heterocycles. The zero-order valence-electron chi connectivity index (χ0n) is 14.3. The number of carbonyl (C=O) groups is 1. The Morgan fingerprint density at radius 2 is 1.85 bits per heavy atom. The number of furan rings is 1. The summed E-state index contributed by atoms with van der Waals surface area (Å²) >= 11 is 0. The van der Waals surface area contributed by atoms with Crippen molar-refractivity contribution in [1.82, 2.24) is 0 Å². The highest BCUT2D eigenvalue weighted by atomic mass is 19.1. The molecule has 5 heteroatoms. The fourth-order valence-electron chi connectivity index (χ4n) is 2.45. The number of hydrogen-bond donors (Lipinski definition) is 0. The van der Waals surface area contributed by atoms with Gasteiger partial charge in [-0.2, -0.15) is 0 Å². The smallest absolute Gasteiger partial charge is 0.251 e. The Kier molecular flexibility index (Phi) is 5.49. The molecule has 0 atom stereocenters. The molecule has 0 spiro atoms. The maximum Gasteiger partial charge on any atom is 0.251 e. The molecule has 0 aliphatic rings. The van der Waals surface area contributed by atoms with Crippen molar-refractivity contribution in [2.24, 2.45) is 0 Å². The molecule has 0 bridgehead atoms. The van der Waals surface area contributed by atoms with Crippen LogP contribution in [0.1, 0.15) is 11.3 Å². The molecule has 0 radical (unpaired) electrons. The Hall–Kier alpha value is -3.34. The minimum atomic E-state index is -0.314. The first-order valence-corrected chi connectivity index (χ1v) is 8.07. The number of benzene rings is 2. The third-order valence-corrected chi connectivity index (χ3v) is 3.83. The average molecular weight is 351 g/mol. The van der Waals surface area contributed by atoms with Gasteiger partial charge in [-0.3, -0.25) is 4.79 Å². The minimum Gasteiger partial charge on any atom is -0.497 e. The molecule has 1 amide bonds. The summed E-state index contributed by atoms with van der Waals surface area (Å²) in [6.07, 6.45) is 4.68. The third-order valence-electron chi connectivity index (χ3n) is 3.83. The van der Waals surface area contributed by atoms with Crippen LogP contribution in [0.2, 0.25) is 0 Å². The number of halogens is 1. The number of hydrogen-bond acceptors (Lipinski definition) is 3. The molecule has 0 saturated heterocycles. The lowest BCUT2D eigenvalue weighted by atomic mass is 10.2. The molecule has 4 nitrogen and oxygen atoms in total. The van der Waals surface area contributed by atoms with Crippen molar-refractivity contribution < 1.29 is 18.3 Å². The SMILES string of the molecule is COc1ccc(N(Cc2ccco2)C(=O)C=Cc2ccc(F)cc2)cc1. The Bertz CT molecular complexity index is 869. The summed E-state index contributed by atoms with van der Waals surface area (Å²) in [6, 6.07) is 16.7. The van der Waals surface area contributed by atoms with Crippen LogP contribution in [0.3, 0.4) is 0 Å². The molecule has 26 heavy (non-hydrogen) atoms. The molecule has 3 aromatic rings. The van der Waals surface area contributed by atoms with Gasteiger partial charge in [-0.25, -0.2) is 4.39 Å². The maximum absolute atomic E-state index is 13.0. The lowest BCUT2D eigenvalue weighted by molar-refractivity contribution is -0.114. The highest BCUT2D eigenvalue weighted by Crippen LogP contribution is 2.22. The Labute approximate surface area is 151 Å². The molecule has 0 saturated carbocycles. The molecule has 0 aliphatic carbocycles. The van der Waals surface area contributed by atoms with E-state index < -0.39 is 0 Å². The van der Waals surface area contributed by atoms with Crippen molar-refractivity contribution in [2.45, 2.75) is 6.54 Å². The van der Waals surface area contributed by atoms with E-state index in [0.29, 0.717) is 18.1 Å². The van der Waals surface area contributed by atoms with Crippen LogP contribution in [0, 0.1) is 5.82 Å². The number of amides is 1. The van der Waals surface area contributed by atoms with E-state index >= 15 is 0 Å². The van der Waals surface area contributed by atoms with Crippen LogP contribution in [0.4, 0.5) is 10.1 Å². The minimum absolute atomic E-state index is 0.212. The summed E-state index contributed by atoms with van der Waals surface area (Å²) in [6.45, 7) is 0.298. The summed E-state index contributed by atoms with van der Waals surface area (Å²) in [5, 5.41) is 0. The molecule has 2 aromatic carbocycles. The summed E-state index contributed by atoms with van der Waals surface area (Å²) in [4.78, 5) is 14.4. The van der Waals surface area contributed by atoms with Gasteiger partial charge in [-0.15, -0.1) is 0 Å². The quantitative estimate of drug-likeness (QED) is 0.606. The van der Waals surface area contributed by atoms with E-state index in [-0.39, 0.29) is 11.7 Å². The van der Waals surface area contributed by atoms with Crippen molar-refractivity contribution in [3.05, 3.63) is 90.1 Å². The predicted octanol–water partition coefficient (Wildman–Crippen LogP) is 4.67. The predicted molar refractivity (Wildman–Crippen MR) is 98.3 cm³/mol. The monoisotopic (exact) mass is 351 g/mol. The maximum atomic E-state index is 13.0. The lowest BCUT2D eigenvalue weighted by Crippen LogP contribution is -2.28. The summed E-state index contributed by atoms with van der Waals surface area (Å²) in [7, 11) is 1.59. The summed E-state index contributed by atoms with van der Waals surface area (Å²) < 4.78 is 23.5. The van der Waals surface area contributed by atoms with Gasteiger partial charge in [0.15, 0.2) is 0 Å². The van der Waals surface area contributed by atoms with Crippen LogP contribution >= 0.6 is 0 Å². The molecule has 0 N–H and O–H groups in total. The van der Waals surface area contributed by atoms with Crippen LogP contribution < -0.4 is 9.64 Å². The molecule has 0 fully saturated rings. The van der Waals surface area contributed by atoms with Crippen molar-refractivity contribution in [3.63, 3.8) is 0 Å². The normalized spacial score (nSPS) is 10.8. The first-order chi connectivity index (χ1) is 12.7. The fourth-order valence-corrected chi connectivity index (χ4v) is 2.45. The Morgan fingerprint density at radius 1 is 1.12 bits per heavy atom. The number of carbonyl (C=O) groups excluding carboxylic acids is 1. The lowest BCUT2D eigenvalue weighted by Gasteiger charge is -2.20. The fraction of sp³-hybridized carbons (Fsp3) is 0.0952. The van der Waals surface area contributed by atoms with Crippen LogP contribution in [-0.2, 0) is 11.3 Å². The van der Waals surface area contributed by atoms with Gasteiger partial charge >= 0.3 is 0 Å². The van der Waals surface area contributed by atoms with Crippen LogP contribution in [0.25, 0.3) is 6.08 Å². The molecule has 3 rings (SSSR count). The van der Waals surface area contributed by atoms with E-state index in [4.69, 9.17) is 9.15 Å². The van der Waals surface area contributed by atoms with Crippen molar-refractivity contribution in [2.75, 3.05) is 12.0 Å². The Morgan fingerprint density at radius 3 is 2.46 bits per heavy atom. The van der Waals surface area contributed by atoms with Crippen molar-refractivity contribution in [3.8, 4) is 5.75 Å². The van der Waals surface area contributed by atoms with Crippen molar-refractivity contribution in [1.29, 1.82) is 0 Å². The number of ether oxygens (including phenoxy) is 1. The topological polar surface area (TPSA) is 42.7 Å². The number of methoxy groups -OCH3 is 1. The first-order valence-electron chi connectivity index (χ1n) is 8.07. The van der Waals surface area contributed by atoms with Gasteiger partial charge in [0.2, 0.25) is 0 Å². The highest BCUT2D eigenvalue weighted by molar-refractivity contribution is 6.03. The van der Waals surface area contributed by atoms with E-state index in [1.165, 1.54) is 18.2 Å². The molecular formula is C21H18FNO3. The van der Waals surface area contributed by atoms with Crippen LogP contribution in [-0.4, -0.2) is 13.0 Å². The van der Waals surface area contributed by atoms with Gasteiger partial charge in [0.25, 0.3) is 5.91 Å². The molecule has 132 valence electrons. The number of rotatable bonds is 6. The van der Waals surface area contributed by atoms with Crippen LogP contribution in [0.5, 0.6) is 5.75 Å². The van der Waals surface area contributed by atoms with E-state index in [1.54, 1.807) is 54.7 Å². The van der Waals surface area contributed by atoms with Gasteiger partial charge in [-0.1, -0.05) is 12.1 Å². The standard InChI is InChI=1S/C21H18FNO3/c1-25-19-11-9-18(10-12-19)23(15-20-3-2-14-26-20)21(24)13-6-16-4-7-17(22)8-5-16/h2-14H,15H2,1H3. The number of nitrogens with zero attached hydrogens (tertiary/aromatic N) is 1. The third kappa shape index (κ3) is 4.39. The number of anilines is 1. The van der Waals surface area contributed by atoms with Gasteiger partial charge in [0.05, 0.1) is 19.9 Å². The van der Waals surface area contributed by atoms with Gasteiger partial charge in [0, 0.05) is 11.8 Å². The van der Waals surface area contributed by atoms with Gasteiger partial charge < -0.3 is 14.1 Å². The summed E-state index contributed by atoms with van der Waals surface area (Å²) in [5.74, 6) is 0.854. The zero-order valence-corrected chi connectivity index (χ0v) is 14.3. The van der Waals surface area contributed by atoms with Crippen molar-refractivity contribution >= 4 is 17.7 Å². The highest BCUT2D eigenvalue weighted by Gasteiger charge is 2.15. The Balaban J connectivity index is 1.83. The molecule has 1 heterocycles. The second kappa shape index (κ2) is 8.16. The van der Waals surface area contributed by atoms with Gasteiger partial charge in [0.1, 0.15) is 17.3 Å². The first kappa shape index (κ1) is 17.5.